The number of imide groups is 1. The van der Waals surface area contributed by atoms with Crippen LogP contribution in [0.25, 0.3) is 11.3 Å². The van der Waals surface area contributed by atoms with Crippen molar-refractivity contribution < 1.29 is 62.1 Å². The standard InChI is InChI=1S/C54H75F2N11O11/c1-33(2)46(64-42(69)19-10-7-13-27-66-43(70)22-23-44(66)71)51(75)62-39(18-14-26-60-53(58)78)50(74)63-40(52(76)77)17-11-12-25-59-49(73)38(57)24-28-67(45(72)32-68)47(54(3,4)5)48-61-41(36-29-35(55)20-21-37(36)56)31-65(48)30-34-15-8-6-9-16-34/h6,8-9,15-16,20-23,29,31,33,38-40,46-47,68H,7,10-14,17-19,24-28,30,32,57H2,1-5H3,(H,59,73)(H,62,75)(H,63,74)(H,64,69)(H,76,77)(H3,58,60,78)/t38-,39-,40+,46?,47-/m0/s1. The number of unbranched alkanes of at least 4 members (excludes halogenated alkanes) is 3. The zero-order valence-electron chi connectivity index (χ0n) is 44.9. The largest absolute Gasteiger partial charge is 0.480 e. The number of aliphatic carboxylic acids is 1. The first kappa shape index (κ1) is 62.9. The molecule has 24 heteroatoms. The number of nitrogens with two attached hydrogens (primary N) is 2. The third-order valence-corrected chi connectivity index (χ3v) is 12.9. The number of imidazole rings is 1. The van der Waals surface area contributed by atoms with Crippen molar-refractivity contribution in [3.8, 4) is 11.3 Å². The van der Waals surface area contributed by atoms with Crippen molar-refractivity contribution in [3.63, 3.8) is 0 Å². The van der Waals surface area contributed by atoms with Crippen LogP contribution in [0.15, 0.2) is 66.9 Å². The number of carboxylic acids is 1. The number of halogens is 2. The predicted octanol–water partition coefficient (Wildman–Crippen LogP) is 2.92. The molecule has 1 aliphatic rings. The molecule has 1 unspecified atom stereocenters. The molecule has 0 bridgehead atoms. The van der Waals surface area contributed by atoms with Crippen molar-refractivity contribution in [2.24, 2.45) is 22.8 Å². The number of nitrogens with one attached hydrogen (secondary N) is 5. The Morgan fingerprint density at radius 3 is 2.06 bits per heavy atom. The minimum Gasteiger partial charge on any atom is -0.480 e. The SMILES string of the molecule is CC(C)C(NC(=O)CCCCCN1C(=O)C=CC1=O)C(=O)N[C@@H](CCCNC(N)=O)C(=O)N[C@H](CCCCNC(=O)[C@@H](N)CCN(C(=O)CO)[C@@H](c1nc(-c2cc(F)ccc2F)cn1Cc1ccccc1)C(C)(C)C)C(=O)O. The molecule has 22 nitrogen and oxygen atoms in total. The lowest BCUT2D eigenvalue weighted by Gasteiger charge is -2.40. The van der Waals surface area contributed by atoms with E-state index in [4.69, 9.17) is 16.5 Å². The molecule has 9 amide bonds. The first-order chi connectivity index (χ1) is 36.9. The molecule has 5 atom stereocenters. The van der Waals surface area contributed by atoms with Crippen molar-refractivity contribution in [2.75, 3.05) is 32.8 Å². The first-order valence-corrected chi connectivity index (χ1v) is 26.1. The van der Waals surface area contributed by atoms with Gasteiger partial charge in [0.25, 0.3) is 11.8 Å². The third-order valence-electron chi connectivity index (χ3n) is 12.9. The predicted molar refractivity (Wildman–Crippen MR) is 283 cm³/mol. The molecule has 426 valence electrons. The van der Waals surface area contributed by atoms with E-state index in [9.17, 15) is 57.8 Å². The topological polar surface area (TPSA) is 331 Å². The molecule has 0 aliphatic carbocycles. The number of hydrogen-bond donors (Lipinski definition) is 9. The van der Waals surface area contributed by atoms with Crippen molar-refractivity contribution >= 4 is 53.4 Å². The van der Waals surface area contributed by atoms with E-state index >= 15 is 4.39 Å². The van der Waals surface area contributed by atoms with E-state index in [1.54, 1.807) is 24.6 Å². The summed E-state index contributed by atoms with van der Waals surface area (Å²) in [5, 5.41) is 33.2. The number of carbonyl (C=O) groups excluding carboxylic acids is 8. The van der Waals surface area contributed by atoms with E-state index in [1.807, 2.05) is 51.1 Å². The summed E-state index contributed by atoms with van der Waals surface area (Å²) in [6.07, 6.45) is 5.80. The van der Waals surface area contributed by atoms with Gasteiger partial charge in [0.05, 0.1) is 17.8 Å². The Bertz CT molecular complexity index is 2590. The highest BCUT2D eigenvalue weighted by Gasteiger charge is 2.39. The molecule has 11 N–H and O–H groups in total. The summed E-state index contributed by atoms with van der Waals surface area (Å²) in [5.41, 5.74) is 11.6. The van der Waals surface area contributed by atoms with Crippen LogP contribution in [-0.2, 0) is 44.9 Å². The molecule has 1 aromatic heterocycles. The number of carbonyl (C=O) groups is 9. The second kappa shape index (κ2) is 30.4. The number of amides is 9. The number of aliphatic hydroxyl groups is 1. The van der Waals surface area contributed by atoms with Crippen LogP contribution < -0.4 is 38.1 Å². The maximum absolute atomic E-state index is 15.1. The quantitative estimate of drug-likeness (QED) is 0.0321. The summed E-state index contributed by atoms with van der Waals surface area (Å²) in [4.78, 5) is 122. The summed E-state index contributed by atoms with van der Waals surface area (Å²) in [7, 11) is 0. The zero-order chi connectivity index (χ0) is 57.7. The summed E-state index contributed by atoms with van der Waals surface area (Å²) in [6, 6.07) is 5.67. The second-order valence-corrected chi connectivity index (χ2v) is 20.6. The van der Waals surface area contributed by atoms with Crippen LogP contribution in [0.3, 0.4) is 0 Å². The lowest BCUT2D eigenvalue weighted by Crippen LogP contribution is -2.57. The van der Waals surface area contributed by atoms with E-state index in [0.29, 0.717) is 25.1 Å². The minimum atomic E-state index is -1.42. The number of nitrogens with zero attached hydrogens (tertiary/aromatic N) is 4. The maximum atomic E-state index is 15.1. The molecule has 2 aromatic carbocycles. The van der Waals surface area contributed by atoms with Crippen LogP contribution in [0.5, 0.6) is 0 Å². The molecular weight excluding hydrogens is 1020 g/mol. The summed E-state index contributed by atoms with van der Waals surface area (Å²) >= 11 is 0. The number of urea groups is 1. The van der Waals surface area contributed by atoms with Crippen LogP contribution in [0, 0.1) is 23.0 Å². The first-order valence-electron chi connectivity index (χ1n) is 26.1. The Morgan fingerprint density at radius 2 is 1.44 bits per heavy atom. The molecule has 0 saturated heterocycles. The van der Waals surface area contributed by atoms with E-state index in [-0.39, 0.29) is 88.9 Å². The minimum absolute atomic E-state index is 0.0366. The highest BCUT2D eigenvalue weighted by molar-refractivity contribution is 6.12. The van der Waals surface area contributed by atoms with Gasteiger partial charge in [-0.05, 0) is 86.5 Å². The number of benzene rings is 2. The fourth-order valence-electron chi connectivity index (χ4n) is 8.83. The van der Waals surface area contributed by atoms with Gasteiger partial charge in [0.15, 0.2) is 0 Å². The molecule has 0 fully saturated rings. The molecule has 0 spiro atoms. The molecule has 2 heterocycles. The smallest absolute Gasteiger partial charge is 0.326 e. The lowest BCUT2D eigenvalue weighted by atomic mass is 9.84. The fourth-order valence-corrected chi connectivity index (χ4v) is 8.83. The molecule has 0 radical (unpaired) electrons. The number of aromatic nitrogens is 2. The van der Waals surface area contributed by atoms with E-state index < -0.39 is 113 Å². The van der Waals surface area contributed by atoms with Crippen LogP contribution in [-0.4, -0.2) is 140 Å². The Morgan fingerprint density at radius 1 is 0.782 bits per heavy atom. The summed E-state index contributed by atoms with van der Waals surface area (Å²) < 4.78 is 31.3. The molecule has 1 aliphatic heterocycles. The van der Waals surface area contributed by atoms with Crippen LogP contribution >= 0.6 is 0 Å². The number of hydrogen-bond acceptors (Lipinski definition) is 12. The highest BCUT2D eigenvalue weighted by Crippen LogP contribution is 2.39. The van der Waals surface area contributed by atoms with Crippen LogP contribution in [0.1, 0.15) is 116 Å². The normalized spacial score (nSPS) is 14.3. The van der Waals surface area contributed by atoms with Gasteiger partial charge in [-0.2, -0.15) is 0 Å². The van der Waals surface area contributed by atoms with Crippen molar-refractivity contribution in [1.29, 1.82) is 0 Å². The lowest BCUT2D eigenvalue weighted by molar-refractivity contribution is -0.142. The van der Waals surface area contributed by atoms with E-state index in [0.717, 1.165) is 28.7 Å². The van der Waals surface area contributed by atoms with Crippen LogP contribution in [0.2, 0.25) is 0 Å². The fraction of sp³-hybridized carbons (Fsp3) is 0.519. The van der Waals surface area contributed by atoms with E-state index in [1.165, 1.54) is 17.1 Å². The Kier molecular flexibility index (Phi) is 24.5. The Balaban J connectivity index is 1.35. The highest BCUT2D eigenvalue weighted by atomic mass is 19.1. The third kappa shape index (κ3) is 19.4. The molecule has 4 rings (SSSR count). The average Bonchev–Trinajstić information content (AvgIpc) is 3.95. The second-order valence-electron chi connectivity index (χ2n) is 20.6. The maximum Gasteiger partial charge on any atom is 0.326 e. The monoisotopic (exact) mass is 1090 g/mol. The van der Waals surface area contributed by atoms with Gasteiger partial charge in [0.2, 0.25) is 29.5 Å². The Labute approximate surface area is 452 Å². The van der Waals surface area contributed by atoms with Crippen molar-refractivity contribution in [3.05, 3.63) is 89.9 Å². The van der Waals surface area contributed by atoms with Crippen LogP contribution in [0.4, 0.5) is 13.6 Å². The van der Waals surface area contributed by atoms with Gasteiger partial charge in [-0.15, -0.1) is 0 Å². The van der Waals surface area contributed by atoms with Gasteiger partial charge in [-0.25, -0.2) is 23.4 Å². The van der Waals surface area contributed by atoms with Gasteiger partial charge in [0.1, 0.15) is 42.2 Å². The van der Waals surface area contributed by atoms with Gasteiger partial charge in [0, 0.05) is 63.1 Å². The average molecular weight is 1090 g/mol. The number of carboxylic acid groups (broad SMARTS) is 1. The summed E-state index contributed by atoms with van der Waals surface area (Å²) in [6.45, 7) is 8.45. The van der Waals surface area contributed by atoms with E-state index in [2.05, 4.69) is 26.6 Å². The zero-order valence-corrected chi connectivity index (χ0v) is 44.9. The van der Waals surface area contributed by atoms with Gasteiger partial charge >= 0.3 is 12.0 Å². The molecule has 0 saturated carbocycles. The molecule has 78 heavy (non-hydrogen) atoms. The van der Waals surface area contributed by atoms with Gasteiger partial charge in [-0.1, -0.05) is 71.4 Å². The van der Waals surface area contributed by atoms with Crippen molar-refractivity contribution in [2.45, 2.75) is 136 Å². The van der Waals surface area contributed by atoms with Gasteiger partial charge in [-0.3, -0.25) is 38.5 Å². The van der Waals surface area contributed by atoms with Crippen molar-refractivity contribution in [1.82, 2.24) is 45.9 Å². The van der Waals surface area contributed by atoms with Gasteiger partial charge < -0.3 is 57.7 Å². The number of primary amides is 1. The Hall–Kier alpha value is -7.60. The molecule has 3 aromatic rings. The summed E-state index contributed by atoms with van der Waals surface area (Å²) in [5.74, 6) is -6.93. The number of aliphatic hydroxyl groups excluding tert-OH is 1. The molecular formula is C54H75F2N11O11. The number of rotatable bonds is 32.